The fourth-order valence-electron chi connectivity index (χ4n) is 1.91. The van der Waals surface area contributed by atoms with Crippen LogP contribution < -0.4 is 5.32 Å². The number of hydrogen-bond acceptors (Lipinski definition) is 2. The quantitative estimate of drug-likeness (QED) is 0.696. The van der Waals surface area contributed by atoms with Gasteiger partial charge in [0, 0.05) is 5.54 Å². The van der Waals surface area contributed by atoms with Gasteiger partial charge < -0.3 is 10.2 Å². The molecule has 0 aromatic rings. The number of nitrogens with one attached hydrogen (secondary N) is 1. The average Bonchev–Trinajstić information content (AvgIpc) is 2.62. The summed E-state index contributed by atoms with van der Waals surface area (Å²) in [7, 11) is 0. The molecule has 2 unspecified atom stereocenters. The largest absolute Gasteiger partial charge is 0.383 e. The fraction of sp³-hybridized carbons (Fsp3) is 0.538. The van der Waals surface area contributed by atoms with Gasteiger partial charge in [0.1, 0.15) is 0 Å². The highest BCUT2D eigenvalue weighted by atomic mass is 15.2. The minimum absolute atomic E-state index is 0.174. The van der Waals surface area contributed by atoms with Crippen molar-refractivity contribution >= 4 is 0 Å². The Morgan fingerprint density at radius 3 is 2.60 bits per heavy atom. The molecule has 0 amide bonds. The SMILES string of the molecule is C=CNC1C=CN(C(C)(C)CC)C1C=C. The van der Waals surface area contributed by atoms with Crippen LogP contribution in [-0.2, 0) is 0 Å². The van der Waals surface area contributed by atoms with E-state index in [1.54, 1.807) is 6.20 Å². The van der Waals surface area contributed by atoms with E-state index in [9.17, 15) is 0 Å². The van der Waals surface area contributed by atoms with Crippen LogP contribution in [0.15, 0.2) is 37.7 Å². The predicted molar refractivity (Wildman–Crippen MR) is 66.5 cm³/mol. The Kier molecular flexibility index (Phi) is 3.61. The summed E-state index contributed by atoms with van der Waals surface area (Å²) >= 11 is 0. The van der Waals surface area contributed by atoms with E-state index in [1.807, 2.05) is 6.08 Å². The van der Waals surface area contributed by atoms with E-state index in [1.165, 1.54) is 0 Å². The van der Waals surface area contributed by atoms with Crippen LogP contribution in [0.4, 0.5) is 0 Å². The second-order valence-electron chi connectivity index (χ2n) is 4.54. The van der Waals surface area contributed by atoms with Gasteiger partial charge in [-0.1, -0.05) is 19.6 Å². The molecule has 0 radical (unpaired) electrons. The molecule has 0 bridgehead atoms. The van der Waals surface area contributed by atoms with E-state index >= 15 is 0 Å². The molecule has 0 saturated carbocycles. The topological polar surface area (TPSA) is 15.3 Å². The van der Waals surface area contributed by atoms with Gasteiger partial charge in [0.15, 0.2) is 0 Å². The van der Waals surface area contributed by atoms with Crippen molar-refractivity contribution < 1.29 is 0 Å². The molecule has 1 heterocycles. The van der Waals surface area contributed by atoms with Gasteiger partial charge in [0.25, 0.3) is 0 Å². The lowest BCUT2D eigenvalue weighted by Crippen LogP contribution is -2.48. The summed E-state index contributed by atoms with van der Waals surface area (Å²) in [5, 5.41) is 3.24. The maximum absolute atomic E-state index is 3.92. The minimum Gasteiger partial charge on any atom is -0.383 e. The van der Waals surface area contributed by atoms with Crippen LogP contribution in [0.3, 0.4) is 0 Å². The van der Waals surface area contributed by atoms with Gasteiger partial charge in [0.05, 0.1) is 12.1 Å². The molecule has 2 nitrogen and oxygen atoms in total. The van der Waals surface area contributed by atoms with Crippen LogP contribution in [0.2, 0.25) is 0 Å². The molecule has 0 aromatic carbocycles. The van der Waals surface area contributed by atoms with Crippen LogP contribution in [-0.4, -0.2) is 22.5 Å². The predicted octanol–water partition coefficient (Wildman–Crippen LogP) is 2.66. The summed E-state index contributed by atoms with van der Waals surface area (Å²) in [6, 6.07) is 0.615. The van der Waals surface area contributed by atoms with Crippen molar-refractivity contribution in [2.24, 2.45) is 0 Å². The van der Waals surface area contributed by atoms with E-state index in [2.05, 4.69) is 56.4 Å². The standard InChI is InChI=1S/C13H22N2/c1-6-12-11(14-8-3)9-10-15(12)13(4,5)7-2/h6,8-12,14H,1,3,7H2,2,4-5H3. The van der Waals surface area contributed by atoms with Crippen LogP contribution in [0.1, 0.15) is 27.2 Å². The van der Waals surface area contributed by atoms with E-state index in [0.29, 0.717) is 12.1 Å². The number of nitrogens with zero attached hydrogens (tertiary/aromatic N) is 1. The zero-order valence-corrected chi connectivity index (χ0v) is 10.0. The van der Waals surface area contributed by atoms with Crippen LogP contribution in [0.25, 0.3) is 0 Å². The Hall–Kier alpha value is -1.18. The third-order valence-corrected chi connectivity index (χ3v) is 3.26. The fourth-order valence-corrected chi connectivity index (χ4v) is 1.91. The van der Waals surface area contributed by atoms with Gasteiger partial charge in [0.2, 0.25) is 0 Å². The van der Waals surface area contributed by atoms with Crippen LogP contribution in [0.5, 0.6) is 0 Å². The molecule has 84 valence electrons. The van der Waals surface area contributed by atoms with Crippen molar-refractivity contribution in [3.63, 3.8) is 0 Å². The molecule has 0 saturated heterocycles. The van der Waals surface area contributed by atoms with Gasteiger partial charge in [-0.2, -0.15) is 0 Å². The summed E-state index contributed by atoms with van der Waals surface area (Å²) in [5.74, 6) is 0. The van der Waals surface area contributed by atoms with Gasteiger partial charge in [-0.25, -0.2) is 0 Å². The molecule has 0 spiro atoms. The molecule has 15 heavy (non-hydrogen) atoms. The number of hydrogen-bond donors (Lipinski definition) is 1. The maximum atomic E-state index is 3.92. The molecule has 0 aliphatic carbocycles. The third kappa shape index (κ3) is 2.25. The monoisotopic (exact) mass is 206 g/mol. The van der Waals surface area contributed by atoms with Gasteiger partial charge in [-0.3, -0.25) is 0 Å². The first-order valence-electron chi connectivity index (χ1n) is 5.53. The molecule has 2 atom stereocenters. The highest BCUT2D eigenvalue weighted by molar-refractivity contribution is 5.18. The molecule has 0 fully saturated rings. The molecule has 2 heteroatoms. The van der Waals surface area contributed by atoms with Crippen molar-refractivity contribution in [3.8, 4) is 0 Å². The van der Waals surface area contributed by atoms with Crippen molar-refractivity contribution in [2.45, 2.75) is 44.8 Å². The maximum Gasteiger partial charge on any atom is 0.0708 e. The van der Waals surface area contributed by atoms with Crippen LogP contribution >= 0.6 is 0 Å². The lowest BCUT2D eigenvalue weighted by molar-refractivity contribution is 0.151. The Balaban J connectivity index is 2.81. The highest BCUT2D eigenvalue weighted by Crippen LogP contribution is 2.28. The second-order valence-corrected chi connectivity index (χ2v) is 4.54. The van der Waals surface area contributed by atoms with Gasteiger partial charge in [-0.05, 0) is 38.7 Å². The normalized spacial score (nSPS) is 25.4. The summed E-state index contributed by atoms with van der Waals surface area (Å²) in [4.78, 5) is 2.36. The van der Waals surface area contributed by atoms with Crippen molar-refractivity contribution in [1.82, 2.24) is 10.2 Å². The first-order valence-corrected chi connectivity index (χ1v) is 5.53. The summed E-state index contributed by atoms with van der Waals surface area (Å²) in [5.41, 5.74) is 0.174. The Morgan fingerprint density at radius 1 is 1.47 bits per heavy atom. The summed E-state index contributed by atoms with van der Waals surface area (Å²) in [6.07, 6.45) is 9.19. The Bertz CT molecular complexity index is 266. The molecule has 0 aromatic heterocycles. The smallest absolute Gasteiger partial charge is 0.0708 e. The lowest BCUT2D eigenvalue weighted by Gasteiger charge is -2.40. The summed E-state index contributed by atoms with van der Waals surface area (Å²) in [6.45, 7) is 14.3. The zero-order chi connectivity index (χ0) is 11.5. The van der Waals surface area contributed by atoms with Crippen molar-refractivity contribution in [2.75, 3.05) is 0 Å². The second kappa shape index (κ2) is 4.56. The molecule has 1 rings (SSSR count). The van der Waals surface area contributed by atoms with E-state index in [4.69, 9.17) is 0 Å². The van der Waals surface area contributed by atoms with E-state index in [-0.39, 0.29) is 5.54 Å². The van der Waals surface area contributed by atoms with E-state index < -0.39 is 0 Å². The van der Waals surface area contributed by atoms with Crippen molar-refractivity contribution in [1.29, 1.82) is 0 Å². The van der Waals surface area contributed by atoms with Gasteiger partial charge >= 0.3 is 0 Å². The minimum atomic E-state index is 0.174. The summed E-state index contributed by atoms with van der Waals surface area (Å²) < 4.78 is 0. The first-order chi connectivity index (χ1) is 7.06. The van der Waals surface area contributed by atoms with Gasteiger partial charge in [-0.15, -0.1) is 6.58 Å². The Morgan fingerprint density at radius 2 is 2.13 bits per heavy atom. The lowest BCUT2D eigenvalue weighted by atomic mass is 9.97. The first kappa shape index (κ1) is 11.9. The molecular formula is C13H22N2. The average molecular weight is 206 g/mol. The van der Waals surface area contributed by atoms with Crippen LogP contribution in [0, 0.1) is 0 Å². The highest BCUT2D eigenvalue weighted by Gasteiger charge is 2.34. The van der Waals surface area contributed by atoms with E-state index in [0.717, 1.165) is 6.42 Å². The molecule has 1 N–H and O–H groups in total. The molecule has 1 aliphatic heterocycles. The molecule has 1 aliphatic rings. The number of rotatable bonds is 5. The Labute approximate surface area is 93.4 Å². The molecular weight excluding hydrogens is 184 g/mol. The third-order valence-electron chi connectivity index (χ3n) is 3.26. The van der Waals surface area contributed by atoms with Crippen molar-refractivity contribution in [3.05, 3.63) is 37.7 Å². The zero-order valence-electron chi connectivity index (χ0n) is 10.0.